The van der Waals surface area contributed by atoms with Crippen LogP contribution < -0.4 is 10.6 Å². The van der Waals surface area contributed by atoms with E-state index < -0.39 is 0 Å². The molecule has 112 valence electrons. The van der Waals surface area contributed by atoms with Gasteiger partial charge in [0.25, 0.3) is 0 Å². The molecule has 21 heavy (non-hydrogen) atoms. The van der Waals surface area contributed by atoms with Gasteiger partial charge in [0.1, 0.15) is 23.3 Å². The molecule has 0 amide bonds. The summed E-state index contributed by atoms with van der Waals surface area (Å²) in [5.74, 6) is 1.94. The molecule has 1 aromatic heterocycles. The van der Waals surface area contributed by atoms with Gasteiger partial charge in [0.15, 0.2) is 0 Å². The molecule has 2 N–H and O–H groups in total. The summed E-state index contributed by atoms with van der Waals surface area (Å²) in [5, 5.41) is 6.46. The van der Waals surface area contributed by atoms with E-state index in [1.54, 1.807) is 12.1 Å². The number of aromatic nitrogens is 2. The summed E-state index contributed by atoms with van der Waals surface area (Å²) in [4.78, 5) is 8.69. The quantitative estimate of drug-likeness (QED) is 0.850. The van der Waals surface area contributed by atoms with Crippen molar-refractivity contribution in [3.05, 3.63) is 47.5 Å². The average Bonchev–Trinajstić information content (AvgIpc) is 2.45. The van der Waals surface area contributed by atoms with Gasteiger partial charge in [-0.15, -0.1) is 0 Å². The molecule has 0 saturated carbocycles. The molecule has 2 rings (SSSR count). The van der Waals surface area contributed by atoms with Crippen LogP contribution in [0.25, 0.3) is 0 Å². The van der Waals surface area contributed by atoms with Gasteiger partial charge in [0.05, 0.1) is 0 Å². The standard InChI is InChI=1S/C16H21FN4/c1-4-11(2)19-16-9-15(20-12(3)21-16)18-10-13-7-5-6-8-14(13)17/h5-9,11H,4,10H2,1-3H3,(H2,18,19,20,21). The van der Waals surface area contributed by atoms with E-state index in [-0.39, 0.29) is 5.82 Å². The van der Waals surface area contributed by atoms with Crippen LogP contribution in [0.4, 0.5) is 16.0 Å². The van der Waals surface area contributed by atoms with Gasteiger partial charge < -0.3 is 10.6 Å². The van der Waals surface area contributed by atoms with Crippen molar-refractivity contribution in [3.63, 3.8) is 0 Å². The van der Waals surface area contributed by atoms with Gasteiger partial charge in [-0.25, -0.2) is 14.4 Å². The lowest BCUT2D eigenvalue weighted by atomic mass is 10.2. The molecule has 1 aromatic carbocycles. The van der Waals surface area contributed by atoms with Crippen LogP contribution in [0, 0.1) is 12.7 Å². The van der Waals surface area contributed by atoms with Crippen molar-refractivity contribution in [2.45, 2.75) is 39.8 Å². The number of aryl methyl sites for hydroxylation is 1. The summed E-state index contributed by atoms with van der Waals surface area (Å²) >= 11 is 0. The number of benzene rings is 1. The van der Waals surface area contributed by atoms with Gasteiger partial charge in [0.2, 0.25) is 0 Å². The molecule has 1 heterocycles. The second-order valence-electron chi connectivity index (χ2n) is 5.08. The number of nitrogens with one attached hydrogen (secondary N) is 2. The highest BCUT2D eigenvalue weighted by atomic mass is 19.1. The molecule has 0 aliphatic rings. The van der Waals surface area contributed by atoms with Crippen molar-refractivity contribution in [3.8, 4) is 0 Å². The largest absolute Gasteiger partial charge is 0.367 e. The minimum absolute atomic E-state index is 0.214. The Hall–Kier alpha value is -2.17. The number of rotatable bonds is 6. The van der Waals surface area contributed by atoms with E-state index in [9.17, 15) is 4.39 Å². The van der Waals surface area contributed by atoms with Crippen molar-refractivity contribution >= 4 is 11.6 Å². The van der Waals surface area contributed by atoms with Crippen molar-refractivity contribution in [2.24, 2.45) is 0 Å². The summed E-state index contributed by atoms with van der Waals surface area (Å²) in [6, 6.07) is 8.91. The van der Waals surface area contributed by atoms with Crippen LogP contribution in [-0.4, -0.2) is 16.0 Å². The van der Waals surface area contributed by atoms with E-state index in [4.69, 9.17) is 0 Å². The maximum absolute atomic E-state index is 13.6. The molecule has 0 fully saturated rings. The zero-order valence-electron chi connectivity index (χ0n) is 12.7. The van der Waals surface area contributed by atoms with Crippen LogP contribution in [0.5, 0.6) is 0 Å². The van der Waals surface area contributed by atoms with E-state index in [2.05, 4.69) is 34.4 Å². The van der Waals surface area contributed by atoms with Crippen LogP contribution in [-0.2, 0) is 6.54 Å². The molecule has 0 spiro atoms. The Kier molecular flexibility index (Phi) is 5.09. The third-order valence-corrected chi connectivity index (χ3v) is 3.26. The Morgan fingerprint density at radius 3 is 2.62 bits per heavy atom. The third-order valence-electron chi connectivity index (χ3n) is 3.26. The van der Waals surface area contributed by atoms with Crippen LogP contribution in [0.1, 0.15) is 31.7 Å². The molecule has 0 aliphatic carbocycles. The van der Waals surface area contributed by atoms with Gasteiger partial charge in [-0.1, -0.05) is 25.1 Å². The zero-order chi connectivity index (χ0) is 15.2. The normalized spacial score (nSPS) is 12.0. The van der Waals surface area contributed by atoms with Gasteiger partial charge in [-0.3, -0.25) is 0 Å². The zero-order valence-corrected chi connectivity index (χ0v) is 12.7. The fraction of sp³-hybridized carbons (Fsp3) is 0.375. The number of anilines is 2. The van der Waals surface area contributed by atoms with Crippen molar-refractivity contribution in [2.75, 3.05) is 10.6 Å². The number of hydrogen-bond acceptors (Lipinski definition) is 4. The fourth-order valence-electron chi connectivity index (χ4n) is 1.91. The molecular weight excluding hydrogens is 267 g/mol. The van der Waals surface area contributed by atoms with Gasteiger partial charge in [-0.05, 0) is 26.3 Å². The lowest BCUT2D eigenvalue weighted by molar-refractivity contribution is 0.613. The number of halogens is 1. The minimum atomic E-state index is -0.214. The lowest BCUT2D eigenvalue weighted by Gasteiger charge is -2.14. The summed E-state index contributed by atoms with van der Waals surface area (Å²) in [5.41, 5.74) is 0.616. The van der Waals surface area contributed by atoms with Crippen molar-refractivity contribution < 1.29 is 4.39 Å². The van der Waals surface area contributed by atoms with E-state index in [1.807, 2.05) is 19.1 Å². The number of nitrogens with zero attached hydrogens (tertiary/aromatic N) is 2. The Morgan fingerprint density at radius 2 is 1.90 bits per heavy atom. The van der Waals surface area contributed by atoms with Gasteiger partial charge >= 0.3 is 0 Å². The molecule has 2 aromatic rings. The predicted molar refractivity (Wildman–Crippen MR) is 83.9 cm³/mol. The van der Waals surface area contributed by atoms with Crippen LogP contribution in [0.15, 0.2) is 30.3 Å². The monoisotopic (exact) mass is 288 g/mol. The highest BCUT2D eigenvalue weighted by Gasteiger charge is 2.06. The first kappa shape index (κ1) is 15.2. The third kappa shape index (κ3) is 4.41. The summed E-state index contributed by atoms with van der Waals surface area (Å²) in [6.45, 7) is 6.45. The second kappa shape index (κ2) is 7.02. The topological polar surface area (TPSA) is 49.8 Å². The smallest absolute Gasteiger partial charge is 0.132 e. The summed E-state index contributed by atoms with van der Waals surface area (Å²) in [6.07, 6.45) is 1.01. The van der Waals surface area contributed by atoms with Crippen molar-refractivity contribution in [1.82, 2.24) is 9.97 Å². The maximum atomic E-state index is 13.6. The molecule has 1 atom stereocenters. The Labute approximate surface area is 124 Å². The van der Waals surface area contributed by atoms with E-state index in [1.165, 1.54) is 6.07 Å². The average molecular weight is 288 g/mol. The lowest BCUT2D eigenvalue weighted by Crippen LogP contribution is -2.15. The Bertz CT molecular complexity index is 601. The molecule has 0 saturated heterocycles. The van der Waals surface area contributed by atoms with Crippen LogP contribution >= 0.6 is 0 Å². The minimum Gasteiger partial charge on any atom is -0.367 e. The molecule has 4 nitrogen and oxygen atoms in total. The SMILES string of the molecule is CCC(C)Nc1cc(NCc2ccccc2F)nc(C)n1. The highest BCUT2D eigenvalue weighted by molar-refractivity contribution is 5.48. The maximum Gasteiger partial charge on any atom is 0.132 e. The van der Waals surface area contributed by atoms with Gasteiger partial charge in [0, 0.05) is 24.2 Å². The predicted octanol–water partition coefficient (Wildman–Crippen LogP) is 3.75. The van der Waals surface area contributed by atoms with E-state index >= 15 is 0 Å². The first-order valence-corrected chi connectivity index (χ1v) is 7.18. The first-order valence-electron chi connectivity index (χ1n) is 7.18. The fourth-order valence-corrected chi connectivity index (χ4v) is 1.91. The molecule has 0 aliphatic heterocycles. The Balaban J connectivity index is 2.08. The summed E-state index contributed by atoms with van der Waals surface area (Å²) < 4.78 is 13.6. The summed E-state index contributed by atoms with van der Waals surface area (Å²) in [7, 11) is 0. The molecule has 0 radical (unpaired) electrons. The molecular formula is C16H21FN4. The van der Waals surface area contributed by atoms with Gasteiger partial charge in [-0.2, -0.15) is 0 Å². The Morgan fingerprint density at radius 1 is 1.19 bits per heavy atom. The molecule has 0 bridgehead atoms. The van der Waals surface area contributed by atoms with E-state index in [0.717, 1.165) is 12.2 Å². The second-order valence-corrected chi connectivity index (χ2v) is 5.08. The van der Waals surface area contributed by atoms with Crippen LogP contribution in [0.2, 0.25) is 0 Å². The van der Waals surface area contributed by atoms with Crippen molar-refractivity contribution in [1.29, 1.82) is 0 Å². The molecule has 1 unspecified atom stereocenters. The van der Waals surface area contributed by atoms with E-state index in [0.29, 0.717) is 29.8 Å². The van der Waals surface area contributed by atoms with Crippen LogP contribution in [0.3, 0.4) is 0 Å². The molecule has 5 heteroatoms. The first-order chi connectivity index (χ1) is 10.1. The number of hydrogen-bond donors (Lipinski definition) is 2. The highest BCUT2D eigenvalue weighted by Crippen LogP contribution is 2.15.